The quantitative estimate of drug-likeness (QED) is 0.255. The van der Waals surface area contributed by atoms with Crippen LogP contribution in [-0.4, -0.2) is 11.6 Å². The molecule has 0 aromatic heterocycles. The summed E-state index contributed by atoms with van der Waals surface area (Å²) in [5, 5.41) is 0. The lowest BCUT2D eigenvalue weighted by Crippen LogP contribution is -2.22. The van der Waals surface area contributed by atoms with E-state index in [9.17, 15) is 9.59 Å². The fourth-order valence-corrected chi connectivity index (χ4v) is 4.07. The Kier molecular flexibility index (Phi) is 14.9. The normalized spacial score (nSPS) is 13.1. The standard InChI is InChI=1S/C19H30O.C14H18O/c1-5-18(20)15-19(4,13-11-16(2)3)14-12-17-9-7-6-8-10-17;1-3-14(15)11-12(2)9-10-13-7-5-4-6-8-13/h6-10,16H,5,11-15H2,1-4H3;4-8,11H,3,9-10H2,1-2H3/b;12-11+/t19-;/m0./s1. The Bertz CT molecular complexity index is 880. The molecule has 1 atom stereocenters. The van der Waals surface area contributed by atoms with Gasteiger partial charge < -0.3 is 0 Å². The number of carbonyl (C=O) groups is 2. The number of aryl methyl sites for hydroxylation is 2. The van der Waals surface area contributed by atoms with Crippen LogP contribution in [0.2, 0.25) is 0 Å². The van der Waals surface area contributed by atoms with Gasteiger partial charge in [-0.05, 0) is 67.6 Å². The zero-order valence-corrected chi connectivity index (χ0v) is 23.1. The molecular weight excluding hydrogens is 428 g/mol. The van der Waals surface area contributed by atoms with E-state index in [2.05, 4.69) is 63.2 Å². The molecule has 0 fully saturated rings. The minimum Gasteiger partial charge on any atom is -0.300 e. The largest absolute Gasteiger partial charge is 0.300 e. The molecule has 2 rings (SSSR count). The highest BCUT2D eigenvalue weighted by atomic mass is 16.1. The average Bonchev–Trinajstić information content (AvgIpc) is 2.86. The minimum atomic E-state index is 0.160. The van der Waals surface area contributed by atoms with Crippen LogP contribution >= 0.6 is 0 Å². The summed E-state index contributed by atoms with van der Waals surface area (Å²) in [6.45, 7) is 12.7. The van der Waals surface area contributed by atoms with Crippen LogP contribution in [0.4, 0.5) is 0 Å². The van der Waals surface area contributed by atoms with E-state index < -0.39 is 0 Å². The second-order valence-corrected chi connectivity index (χ2v) is 10.6. The number of allylic oxidation sites excluding steroid dienone is 2. The molecule has 0 aliphatic carbocycles. The van der Waals surface area contributed by atoms with Crippen LogP contribution in [0.25, 0.3) is 0 Å². The number of hydrogen-bond donors (Lipinski definition) is 0. The fraction of sp³-hybridized carbons (Fsp3) is 0.515. The molecule has 0 amide bonds. The summed E-state index contributed by atoms with van der Waals surface area (Å²) in [6.07, 6.45) is 10.3. The zero-order valence-electron chi connectivity index (χ0n) is 23.1. The van der Waals surface area contributed by atoms with E-state index in [1.165, 1.54) is 23.1 Å². The summed E-state index contributed by atoms with van der Waals surface area (Å²) in [6, 6.07) is 21.0. The van der Waals surface area contributed by atoms with Gasteiger partial charge in [0.2, 0.25) is 0 Å². The smallest absolute Gasteiger partial charge is 0.155 e. The van der Waals surface area contributed by atoms with Crippen LogP contribution < -0.4 is 0 Å². The van der Waals surface area contributed by atoms with Gasteiger partial charge in [-0.2, -0.15) is 0 Å². The van der Waals surface area contributed by atoms with Gasteiger partial charge in [-0.25, -0.2) is 0 Å². The second kappa shape index (κ2) is 17.0. The minimum absolute atomic E-state index is 0.160. The summed E-state index contributed by atoms with van der Waals surface area (Å²) < 4.78 is 0. The molecule has 2 heteroatoms. The second-order valence-electron chi connectivity index (χ2n) is 10.6. The van der Waals surface area contributed by atoms with E-state index in [0.717, 1.165) is 38.5 Å². The lowest BCUT2D eigenvalue weighted by molar-refractivity contribution is -0.121. The van der Waals surface area contributed by atoms with Crippen LogP contribution in [0, 0.1) is 11.3 Å². The maximum Gasteiger partial charge on any atom is 0.155 e. The molecule has 0 aliphatic heterocycles. The monoisotopic (exact) mass is 476 g/mol. The molecule has 0 N–H and O–H groups in total. The summed E-state index contributed by atoms with van der Waals surface area (Å²) in [5.41, 5.74) is 4.04. The summed E-state index contributed by atoms with van der Waals surface area (Å²) in [5.74, 6) is 1.34. The van der Waals surface area contributed by atoms with E-state index >= 15 is 0 Å². The van der Waals surface area contributed by atoms with E-state index in [0.29, 0.717) is 24.5 Å². The molecule has 0 saturated heterocycles. The lowest BCUT2D eigenvalue weighted by atomic mass is 9.75. The van der Waals surface area contributed by atoms with Crippen molar-refractivity contribution in [1.82, 2.24) is 0 Å². The molecule has 0 radical (unpaired) electrons. The first-order valence-corrected chi connectivity index (χ1v) is 13.5. The van der Waals surface area contributed by atoms with Gasteiger partial charge in [0.15, 0.2) is 5.78 Å². The van der Waals surface area contributed by atoms with Crippen molar-refractivity contribution in [2.75, 3.05) is 0 Å². The van der Waals surface area contributed by atoms with Crippen molar-refractivity contribution in [3.05, 3.63) is 83.4 Å². The molecule has 0 spiro atoms. The van der Waals surface area contributed by atoms with Crippen molar-refractivity contribution in [3.8, 4) is 0 Å². The topological polar surface area (TPSA) is 34.1 Å². The van der Waals surface area contributed by atoms with E-state index in [1.54, 1.807) is 6.08 Å². The lowest BCUT2D eigenvalue weighted by Gasteiger charge is -2.30. The number of benzene rings is 2. The van der Waals surface area contributed by atoms with Crippen LogP contribution in [0.1, 0.15) is 97.6 Å². The molecule has 192 valence electrons. The molecule has 0 bridgehead atoms. The first kappa shape index (κ1) is 30.6. The van der Waals surface area contributed by atoms with Gasteiger partial charge in [-0.15, -0.1) is 0 Å². The van der Waals surface area contributed by atoms with Crippen molar-refractivity contribution in [2.45, 2.75) is 99.3 Å². The van der Waals surface area contributed by atoms with Crippen molar-refractivity contribution < 1.29 is 9.59 Å². The highest BCUT2D eigenvalue weighted by Gasteiger charge is 2.26. The van der Waals surface area contributed by atoms with Crippen molar-refractivity contribution >= 4 is 11.6 Å². The van der Waals surface area contributed by atoms with Crippen LogP contribution in [0.15, 0.2) is 72.3 Å². The first-order chi connectivity index (χ1) is 16.7. The van der Waals surface area contributed by atoms with Crippen molar-refractivity contribution in [1.29, 1.82) is 0 Å². The third-order valence-electron chi connectivity index (χ3n) is 6.61. The number of ketones is 2. The maximum absolute atomic E-state index is 11.9. The summed E-state index contributed by atoms with van der Waals surface area (Å²) in [4.78, 5) is 23.0. The molecule has 0 aliphatic rings. The van der Waals surface area contributed by atoms with Gasteiger partial charge in [-0.3, -0.25) is 9.59 Å². The molecule has 2 nitrogen and oxygen atoms in total. The molecular formula is C33H48O2. The Morgan fingerprint density at radius 3 is 1.86 bits per heavy atom. The molecule has 0 saturated carbocycles. The van der Waals surface area contributed by atoms with Crippen LogP contribution in [0.3, 0.4) is 0 Å². The van der Waals surface area contributed by atoms with E-state index in [4.69, 9.17) is 0 Å². The van der Waals surface area contributed by atoms with Gasteiger partial charge in [0.1, 0.15) is 5.78 Å². The molecule has 0 heterocycles. The third-order valence-corrected chi connectivity index (χ3v) is 6.61. The summed E-state index contributed by atoms with van der Waals surface area (Å²) in [7, 11) is 0. The van der Waals surface area contributed by atoms with Gasteiger partial charge in [0.05, 0.1) is 0 Å². The third kappa shape index (κ3) is 14.5. The Hall–Kier alpha value is -2.48. The molecule has 35 heavy (non-hydrogen) atoms. The predicted molar refractivity (Wildman–Crippen MR) is 151 cm³/mol. The van der Waals surface area contributed by atoms with E-state index in [-0.39, 0.29) is 11.2 Å². The number of carbonyl (C=O) groups excluding carboxylic acids is 2. The summed E-state index contributed by atoms with van der Waals surface area (Å²) >= 11 is 0. The molecule has 0 unspecified atom stereocenters. The number of Topliss-reactive ketones (excluding diaryl/α,β-unsaturated/α-hetero) is 1. The van der Waals surface area contributed by atoms with Crippen LogP contribution in [0.5, 0.6) is 0 Å². The zero-order chi connectivity index (χ0) is 26.1. The Morgan fingerprint density at radius 2 is 1.37 bits per heavy atom. The maximum atomic E-state index is 11.9. The first-order valence-electron chi connectivity index (χ1n) is 13.5. The molecule has 2 aromatic carbocycles. The van der Waals surface area contributed by atoms with E-state index in [1.807, 2.05) is 39.0 Å². The van der Waals surface area contributed by atoms with Gasteiger partial charge >= 0.3 is 0 Å². The SMILES string of the molecule is CCC(=O)/C=C(\C)CCc1ccccc1.CCC(=O)C[C@](C)(CCc1ccccc1)CCC(C)C. The average molecular weight is 477 g/mol. The van der Waals surface area contributed by atoms with Gasteiger partial charge in [-0.1, -0.05) is 107 Å². The van der Waals surface area contributed by atoms with Crippen molar-refractivity contribution in [2.24, 2.45) is 11.3 Å². The predicted octanol–water partition coefficient (Wildman–Crippen LogP) is 8.98. The number of hydrogen-bond acceptors (Lipinski definition) is 2. The fourth-order valence-electron chi connectivity index (χ4n) is 4.07. The highest BCUT2D eigenvalue weighted by molar-refractivity contribution is 5.89. The van der Waals surface area contributed by atoms with Crippen molar-refractivity contribution in [3.63, 3.8) is 0 Å². The van der Waals surface area contributed by atoms with Gasteiger partial charge in [0.25, 0.3) is 0 Å². The van der Waals surface area contributed by atoms with Gasteiger partial charge in [0, 0.05) is 19.3 Å². The molecule has 2 aromatic rings. The number of rotatable bonds is 14. The Balaban J connectivity index is 0.000000365. The highest BCUT2D eigenvalue weighted by Crippen LogP contribution is 2.35. The Labute approximate surface area is 215 Å². The Morgan fingerprint density at radius 1 is 0.829 bits per heavy atom. The van der Waals surface area contributed by atoms with Crippen LogP contribution in [-0.2, 0) is 22.4 Å².